The molecule has 0 unspecified atom stereocenters. The van der Waals surface area contributed by atoms with E-state index in [9.17, 15) is 4.79 Å². The number of carbonyl (C=O) groups excluding carboxylic acids is 1. The van der Waals surface area contributed by atoms with E-state index in [1.165, 1.54) is 11.1 Å². The smallest absolute Gasteiger partial charge is 0.226 e. The van der Waals surface area contributed by atoms with E-state index in [2.05, 4.69) is 56.5 Å². The summed E-state index contributed by atoms with van der Waals surface area (Å²) in [6, 6.07) is 11.8. The van der Waals surface area contributed by atoms with E-state index >= 15 is 0 Å². The summed E-state index contributed by atoms with van der Waals surface area (Å²) in [7, 11) is 3.17. The van der Waals surface area contributed by atoms with Crippen molar-refractivity contribution in [2.24, 2.45) is 0 Å². The molecular formula is C23H32N2O3. The Labute approximate surface area is 168 Å². The molecule has 0 fully saturated rings. The average Bonchev–Trinajstić information content (AvgIpc) is 2.67. The van der Waals surface area contributed by atoms with Crippen molar-refractivity contribution in [3.63, 3.8) is 0 Å². The predicted octanol–water partition coefficient (Wildman–Crippen LogP) is 5.39. The molecule has 0 aliphatic heterocycles. The maximum Gasteiger partial charge on any atom is 0.226 e. The molecule has 152 valence electrons. The van der Waals surface area contributed by atoms with Crippen LogP contribution in [0, 0.1) is 0 Å². The first-order chi connectivity index (χ1) is 13.4. The van der Waals surface area contributed by atoms with Gasteiger partial charge in [0, 0.05) is 24.7 Å². The molecule has 0 bridgehead atoms. The lowest BCUT2D eigenvalue weighted by atomic mass is 9.92. The highest BCUT2D eigenvalue weighted by molar-refractivity contribution is 5.92. The first-order valence-corrected chi connectivity index (χ1v) is 9.75. The summed E-state index contributed by atoms with van der Waals surface area (Å²) in [6.07, 6.45) is 0.360. The number of ether oxygens (including phenoxy) is 2. The van der Waals surface area contributed by atoms with Crippen LogP contribution in [0.4, 0.5) is 11.4 Å². The second-order valence-corrected chi connectivity index (χ2v) is 7.41. The van der Waals surface area contributed by atoms with Crippen molar-refractivity contribution in [2.75, 3.05) is 31.4 Å². The van der Waals surface area contributed by atoms with Crippen LogP contribution in [0.5, 0.6) is 11.5 Å². The second-order valence-electron chi connectivity index (χ2n) is 7.41. The monoisotopic (exact) mass is 384 g/mol. The van der Waals surface area contributed by atoms with Crippen LogP contribution in [-0.4, -0.2) is 26.7 Å². The standard InChI is InChI=1S/C23H32N2O3/c1-15(2)18-8-7-9-19(16(3)4)23(18)24-13-12-22(26)25-20-11-10-17(27-5)14-21(20)28-6/h7-11,14-16,24H,12-13H2,1-6H3,(H,25,26). The van der Waals surface area contributed by atoms with Crippen LogP contribution in [0.25, 0.3) is 0 Å². The van der Waals surface area contributed by atoms with Gasteiger partial charge in [-0.25, -0.2) is 0 Å². The summed E-state index contributed by atoms with van der Waals surface area (Å²) in [4.78, 5) is 12.4. The topological polar surface area (TPSA) is 59.6 Å². The zero-order valence-corrected chi connectivity index (χ0v) is 17.8. The van der Waals surface area contributed by atoms with Crippen LogP contribution in [-0.2, 0) is 4.79 Å². The summed E-state index contributed by atoms with van der Waals surface area (Å²) < 4.78 is 10.5. The molecule has 0 aliphatic rings. The van der Waals surface area contributed by atoms with Crippen LogP contribution in [0.2, 0.25) is 0 Å². The fourth-order valence-corrected chi connectivity index (χ4v) is 3.17. The quantitative estimate of drug-likeness (QED) is 0.608. The fraction of sp³-hybridized carbons (Fsp3) is 0.435. The minimum absolute atomic E-state index is 0.0657. The molecule has 0 aromatic heterocycles. The number of benzene rings is 2. The summed E-state index contributed by atoms with van der Waals surface area (Å²) in [6.45, 7) is 9.31. The molecule has 0 aliphatic carbocycles. The third-order valence-electron chi connectivity index (χ3n) is 4.71. The molecule has 2 aromatic carbocycles. The molecule has 0 heterocycles. The molecule has 0 saturated carbocycles. The Hall–Kier alpha value is -2.69. The van der Waals surface area contributed by atoms with E-state index in [-0.39, 0.29) is 5.91 Å². The third kappa shape index (κ3) is 5.41. The van der Waals surface area contributed by atoms with Crippen LogP contribution in [0.1, 0.15) is 57.1 Å². The number of carbonyl (C=O) groups is 1. The van der Waals surface area contributed by atoms with E-state index in [1.54, 1.807) is 32.4 Å². The van der Waals surface area contributed by atoms with Crippen molar-refractivity contribution in [3.05, 3.63) is 47.5 Å². The lowest BCUT2D eigenvalue weighted by Gasteiger charge is -2.21. The molecule has 0 spiro atoms. The number of rotatable bonds is 9. The van der Waals surface area contributed by atoms with Gasteiger partial charge in [-0.3, -0.25) is 4.79 Å². The zero-order valence-electron chi connectivity index (χ0n) is 17.8. The van der Waals surface area contributed by atoms with Gasteiger partial charge in [-0.1, -0.05) is 45.9 Å². The van der Waals surface area contributed by atoms with Gasteiger partial charge < -0.3 is 20.1 Å². The van der Waals surface area contributed by atoms with Crippen LogP contribution < -0.4 is 20.1 Å². The van der Waals surface area contributed by atoms with E-state index in [1.807, 2.05) is 0 Å². The number of nitrogens with one attached hydrogen (secondary N) is 2. The SMILES string of the molecule is COc1ccc(NC(=O)CCNc2c(C(C)C)cccc2C(C)C)c(OC)c1. The van der Waals surface area contributed by atoms with Crippen molar-refractivity contribution in [2.45, 2.75) is 46.0 Å². The Bertz CT molecular complexity index is 774. The number of anilines is 2. The molecule has 2 N–H and O–H groups in total. The molecule has 2 aromatic rings. The Balaban J connectivity index is 2.03. The molecule has 5 heteroatoms. The van der Waals surface area contributed by atoms with Crippen molar-refractivity contribution < 1.29 is 14.3 Å². The average molecular weight is 385 g/mol. The number of hydrogen-bond acceptors (Lipinski definition) is 4. The van der Waals surface area contributed by atoms with Crippen LogP contribution in [0.15, 0.2) is 36.4 Å². The Morgan fingerprint density at radius 2 is 1.61 bits per heavy atom. The van der Waals surface area contributed by atoms with E-state index in [0.717, 1.165) is 5.69 Å². The Morgan fingerprint density at radius 1 is 0.964 bits per heavy atom. The molecular weight excluding hydrogens is 352 g/mol. The molecule has 0 saturated heterocycles. The number of methoxy groups -OCH3 is 2. The van der Waals surface area contributed by atoms with Crippen molar-refractivity contribution >= 4 is 17.3 Å². The van der Waals surface area contributed by atoms with E-state index in [4.69, 9.17) is 9.47 Å². The first-order valence-electron chi connectivity index (χ1n) is 9.75. The van der Waals surface area contributed by atoms with E-state index in [0.29, 0.717) is 42.0 Å². The van der Waals surface area contributed by atoms with Gasteiger partial charge in [0.2, 0.25) is 5.91 Å². The van der Waals surface area contributed by atoms with Gasteiger partial charge in [-0.05, 0) is 35.1 Å². The van der Waals surface area contributed by atoms with Gasteiger partial charge in [0.25, 0.3) is 0 Å². The van der Waals surface area contributed by atoms with Crippen LogP contribution >= 0.6 is 0 Å². The normalized spacial score (nSPS) is 10.9. The highest BCUT2D eigenvalue weighted by Gasteiger charge is 2.14. The Morgan fingerprint density at radius 3 is 2.14 bits per heavy atom. The van der Waals surface area contributed by atoms with Crippen molar-refractivity contribution in [3.8, 4) is 11.5 Å². The molecule has 0 atom stereocenters. The summed E-state index contributed by atoms with van der Waals surface area (Å²) in [5.74, 6) is 2.03. The van der Waals surface area contributed by atoms with Crippen molar-refractivity contribution in [1.29, 1.82) is 0 Å². The fourth-order valence-electron chi connectivity index (χ4n) is 3.17. The summed E-state index contributed by atoms with van der Waals surface area (Å²) in [5.41, 5.74) is 4.35. The predicted molar refractivity (Wildman–Crippen MR) is 116 cm³/mol. The maximum atomic E-state index is 12.4. The maximum absolute atomic E-state index is 12.4. The number of hydrogen-bond donors (Lipinski definition) is 2. The molecule has 2 rings (SSSR count). The highest BCUT2D eigenvalue weighted by Crippen LogP contribution is 2.32. The molecule has 5 nitrogen and oxygen atoms in total. The summed E-state index contributed by atoms with van der Waals surface area (Å²) in [5, 5.41) is 6.41. The largest absolute Gasteiger partial charge is 0.497 e. The first kappa shape index (κ1) is 21.6. The molecule has 1 amide bonds. The molecule has 0 radical (unpaired) electrons. The van der Waals surface area contributed by atoms with E-state index < -0.39 is 0 Å². The highest BCUT2D eigenvalue weighted by atomic mass is 16.5. The van der Waals surface area contributed by atoms with Crippen LogP contribution in [0.3, 0.4) is 0 Å². The molecule has 28 heavy (non-hydrogen) atoms. The van der Waals surface area contributed by atoms with Gasteiger partial charge in [-0.15, -0.1) is 0 Å². The van der Waals surface area contributed by atoms with Crippen molar-refractivity contribution in [1.82, 2.24) is 0 Å². The van der Waals surface area contributed by atoms with Gasteiger partial charge in [-0.2, -0.15) is 0 Å². The minimum Gasteiger partial charge on any atom is -0.497 e. The van der Waals surface area contributed by atoms with Gasteiger partial charge in [0.05, 0.1) is 19.9 Å². The zero-order chi connectivity index (χ0) is 20.7. The number of para-hydroxylation sites is 1. The summed E-state index contributed by atoms with van der Waals surface area (Å²) >= 11 is 0. The lowest BCUT2D eigenvalue weighted by molar-refractivity contribution is -0.116. The third-order valence-corrected chi connectivity index (χ3v) is 4.71. The Kier molecular flexibility index (Phi) is 7.73. The van der Waals surface area contributed by atoms with Gasteiger partial charge in [0.15, 0.2) is 0 Å². The lowest BCUT2D eigenvalue weighted by Crippen LogP contribution is -2.18. The second kappa shape index (κ2) is 10.0. The minimum atomic E-state index is -0.0657. The number of amides is 1. The van der Waals surface area contributed by atoms with Gasteiger partial charge in [0.1, 0.15) is 11.5 Å². The van der Waals surface area contributed by atoms with Gasteiger partial charge >= 0.3 is 0 Å².